The van der Waals surface area contributed by atoms with Crippen LogP contribution in [0.1, 0.15) is 38.5 Å². The summed E-state index contributed by atoms with van der Waals surface area (Å²) in [6.07, 6.45) is 11.3. The van der Waals surface area contributed by atoms with Gasteiger partial charge in [-0.05, 0) is 43.7 Å². The Hall–Kier alpha value is -2.40. The minimum atomic E-state index is -1.12. The molecular weight excluding hydrogens is 528 g/mol. The van der Waals surface area contributed by atoms with E-state index >= 15 is 0 Å². The first-order valence-corrected chi connectivity index (χ1v) is 16.0. The lowest BCUT2D eigenvalue weighted by atomic mass is 9.74. The molecule has 1 aromatic rings. The number of benzene rings is 1. The number of ether oxygens (including phenoxy) is 2. The third-order valence-corrected chi connectivity index (χ3v) is 9.92. The minimum absolute atomic E-state index is 0.118. The van der Waals surface area contributed by atoms with E-state index in [1.54, 1.807) is 16.7 Å². The van der Waals surface area contributed by atoms with Crippen LogP contribution in [0.4, 0.5) is 5.69 Å². The molecule has 1 spiro atoms. The molecule has 5 aliphatic rings. The van der Waals surface area contributed by atoms with Gasteiger partial charge in [-0.25, -0.2) is 0 Å². The Balaban J connectivity index is 1.23. The van der Waals surface area contributed by atoms with E-state index in [0.717, 1.165) is 69.8 Å². The molecule has 3 saturated heterocycles. The fourth-order valence-electron chi connectivity index (χ4n) is 7.25. The first kappa shape index (κ1) is 27.8. The molecular formula is C30H40N4O5S. The van der Waals surface area contributed by atoms with Crippen molar-refractivity contribution in [3.63, 3.8) is 0 Å². The molecule has 4 fully saturated rings. The molecule has 3 unspecified atom stereocenters. The largest absolute Gasteiger partial charge is 0.379 e. The molecule has 1 aliphatic carbocycles. The van der Waals surface area contributed by atoms with Gasteiger partial charge in [0.05, 0.1) is 31.2 Å². The summed E-state index contributed by atoms with van der Waals surface area (Å²) in [5, 5.41) is 6.29. The lowest BCUT2D eigenvalue weighted by Crippen LogP contribution is -2.56. The van der Waals surface area contributed by atoms with Crippen molar-refractivity contribution in [1.29, 1.82) is 0 Å². The predicted molar refractivity (Wildman–Crippen MR) is 153 cm³/mol. The van der Waals surface area contributed by atoms with E-state index in [9.17, 15) is 14.4 Å². The van der Waals surface area contributed by atoms with E-state index in [-0.39, 0.29) is 23.8 Å². The van der Waals surface area contributed by atoms with Gasteiger partial charge in [0.15, 0.2) is 0 Å². The summed E-state index contributed by atoms with van der Waals surface area (Å²) >= 11 is 1.60. The van der Waals surface area contributed by atoms with Crippen molar-refractivity contribution >= 4 is 35.2 Å². The Bertz CT molecular complexity index is 1150. The molecule has 5 atom stereocenters. The highest BCUT2D eigenvalue weighted by Gasteiger charge is 2.72. The van der Waals surface area contributed by atoms with Crippen molar-refractivity contribution in [3.8, 4) is 0 Å². The second-order valence-corrected chi connectivity index (χ2v) is 12.5. The number of hydrogen-bond acceptors (Lipinski definition) is 7. The van der Waals surface area contributed by atoms with E-state index in [0.29, 0.717) is 12.2 Å². The number of nitrogens with zero attached hydrogens (tertiary/aromatic N) is 2. The number of carbonyl (C=O) groups is 3. The molecule has 6 rings (SSSR count). The fraction of sp³-hybridized carbons (Fsp3) is 0.633. The molecule has 2 N–H and O–H groups in total. The first-order chi connectivity index (χ1) is 19.5. The summed E-state index contributed by atoms with van der Waals surface area (Å²) in [4.78, 5) is 46.9. The van der Waals surface area contributed by atoms with Gasteiger partial charge in [0, 0.05) is 42.8 Å². The van der Waals surface area contributed by atoms with E-state index in [2.05, 4.69) is 15.5 Å². The number of carbonyl (C=O) groups excluding carboxylic acids is 3. The third-order valence-electron chi connectivity index (χ3n) is 9.19. The van der Waals surface area contributed by atoms with Gasteiger partial charge in [-0.15, -0.1) is 11.8 Å². The van der Waals surface area contributed by atoms with Crippen molar-refractivity contribution in [2.45, 2.75) is 67.2 Å². The number of anilines is 1. The summed E-state index contributed by atoms with van der Waals surface area (Å²) in [6.45, 7) is 4.47. The molecule has 1 saturated carbocycles. The molecule has 2 bridgehead atoms. The van der Waals surface area contributed by atoms with Crippen LogP contribution in [0.5, 0.6) is 0 Å². The normalized spacial score (nSPS) is 31.9. The van der Waals surface area contributed by atoms with Crippen LogP contribution in [-0.4, -0.2) is 97.0 Å². The van der Waals surface area contributed by atoms with Gasteiger partial charge in [-0.3, -0.25) is 19.3 Å². The first-order valence-electron chi connectivity index (χ1n) is 14.7. The molecule has 0 radical (unpaired) electrons. The van der Waals surface area contributed by atoms with E-state index in [1.165, 1.54) is 6.42 Å². The zero-order valence-corrected chi connectivity index (χ0v) is 24.0. The van der Waals surface area contributed by atoms with Gasteiger partial charge in [0.2, 0.25) is 17.7 Å². The maximum Gasteiger partial charge on any atom is 0.246 e. The Morgan fingerprint density at radius 2 is 1.90 bits per heavy atom. The molecule has 9 nitrogen and oxygen atoms in total. The van der Waals surface area contributed by atoms with Crippen LogP contribution in [-0.2, 0) is 23.9 Å². The van der Waals surface area contributed by atoms with E-state index in [4.69, 9.17) is 9.47 Å². The average Bonchev–Trinajstić information content (AvgIpc) is 3.61. The Morgan fingerprint density at radius 1 is 1.10 bits per heavy atom. The molecule has 3 amide bonds. The number of morpholine rings is 1. The zero-order chi connectivity index (χ0) is 27.7. The minimum Gasteiger partial charge on any atom is -0.379 e. The van der Waals surface area contributed by atoms with Crippen LogP contribution in [0, 0.1) is 11.8 Å². The number of nitrogens with one attached hydrogen (secondary N) is 2. The summed E-state index contributed by atoms with van der Waals surface area (Å²) in [6, 6.07) is 7.01. The Labute approximate surface area is 240 Å². The van der Waals surface area contributed by atoms with Gasteiger partial charge in [0.25, 0.3) is 0 Å². The van der Waals surface area contributed by atoms with Crippen LogP contribution in [0.15, 0.2) is 41.3 Å². The number of thioether (sulfide) groups is 1. The van der Waals surface area contributed by atoms with E-state index in [1.807, 2.05) is 42.7 Å². The molecule has 1 aromatic carbocycles. The summed E-state index contributed by atoms with van der Waals surface area (Å²) in [5.74, 6) is -1.97. The standard InChI is InChI=1S/C30H40N4O5S/c1-40-22-10-5-9-21(19-22)32-27(35)24-23-11-12-30(39-23)25(24)29(37)34(14-6-13-33-15-17-38-18-16-33)26(30)28(36)31-20-7-3-2-4-8-20/h5,9-12,19-20,23-26H,2-4,6-8,13-18H2,1H3,(H,31,36)(H,32,35)/t23-,24?,25-,26?,30?/m0/s1. The molecule has 216 valence electrons. The number of amides is 3. The SMILES string of the molecule is CSc1cccc(NC(=O)C2[C@@H]3C=CC4(O3)C(C(=O)NC3CCCCC3)N(CCCN3CCOCC3)C(=O)[C@H]24)c1. The monoisotopic (exact) mass is 568 g/mol. The fourth-order valence-corrected chi connectivity index (χ4v) is 7.71. The van der Waals surface area contributed by atoms with Gasteiger partial charge >= 0.3 is 0 Å². The number of rotatable bonds is 9. The van der Waals surface area contributed by atoms with Crippen molar-refractivity contribution in [1.82, 2.24) is 15.1 Å². The van der Waals surface area contributed by atoms with Gasteiger partial charge in [-0.2, -0.15) is 0 Å². The van der Waals surface area contributed by atoms with Crippen molar-refractivity contribution in [2.24, 2.45) is 11.8 Å². The summed E-state index contributed by atoms with van der Waals surface area (Å²) < 4.78 is 12.0. The summed E-state index contributed by atoms with van der Waals surface area (Å²) in [5.41, 5.74) is -0.431. The maximum atomic E-state index is 14.1. The highest BCUT2D eigenvalue weighted by atomic mass is 32.2. The number of hydrogen-bond donors (Lipinski definition) is 2. The van der Waals surface area contributed by atoms with Crippen LogP contribution in [0.25, 0.3) is 0 Å². The second-order valence-electron chi connectivity index (χ2n) is 11.6. The van der Waals surface area contributed by atoms with Crippen LogP contribution >= 0.6 is 11.8 Å². The third kappa shape index (κ3) is 5.19. The van der Waals surface area contributed by atoms with Gasteiger partial charge < -0.3 is 25.0 Å². The highest BCUT2D eigenvalue weighted by Crippen LogP contribution is 2.55. The topological polar surface area (TPSA) is 100 Å². The second kappa shape index (κ2) is 11.8. The van der Waals surface area contributed by atoms with Crippen molar-refractivity contribution < 1.29 is 23.9 Å². The molecule has 10 heteroatoms. The lowest BCUT2D eigenvalue weighted by molar-refractivity contribution is -0.141. The van der Waals surface area contributed by atoms with E-state index < -0.39 is 29.6 Å². The van der Waals surface area contributed by atoms with Gasteiger partial charge in [-0.1, -0.05) is 37.5 Å². The molecule has 4 heterocycles. The number of fused-ring (bicyclic) bond motifs is 1. The predicted octanol–water partition coefficient (Wildman–Crippen LogP) is 2.67. The molecule has 40 heavy (non-hydrogen) atoms. The quantitative estimate of drug-likeness (QED) is 0.349. The van der Waals surface area contributed by atoms with Crippen molar-refractivity contribution in [2.75, 3.05) is 51.0 Å². The lowest BCUT2D eigenvalue weighted by Gasteiger charge is -2.34. The Morgan fingerprint density at radius 3 is 2.67 bits per heavy atom. The van der Waals surface area contributed by atoms with Crippen molar-refractivity contribution in [3.05, 3.63) is 36.4 Å². The van der Waals surface area contributed by atoms with Crippen LogP contribution < -0.4 is 10.6 Å². The highest BCUT2D eigenvalue weighted by molar-refractivity contribution is 7.98. The average molecular weight is 569 g/mol. The van der Waals surface area contributed by atoms with Crippen LogP contribution in [0.3, 0.4) is 0 Å². The van der Waals surface area contributed by atoms with Crippen LogP contribution in [0.2, 0.25) is 0 Å². The summed E-state index contributed by atoms with van der Waals surface area (Å²) in [7, 11) is 0. The molecule has 4 aliphatic heterocycles. The van der Waals surface area contributed by atoms with Gasteiger partial charge in [0.1, 0.15) is 11.6 Å². The number of likely N-dealkylation sites (tertiary alicyclic amines) is 1. The molecule has 0 aromatic heterocycles. The maximum absolute atomic E-state index is 14.1. The smallest absolute Gasteiger partial charge is 0.246 e. The zero-order valence-electron chi connectivity index (χ0n) is 23.2. The Kier molecular flexibility index (Phi) is 8.21.